The molecule has 2 atom stereocenters. The first-order valence-corrected chi connectivity index (χ1v) is 10.2. The SMILES string of the molecule is NC(=O)C(c1cccnc1)N(C(=O)c1cccc(O)c1O)[C@@H]1CCc2c(F)cc(Cl)cc21. The second-order valence-electron chi connectivity index (χ2n) is 7.49. The first-order chi connectivity index (χ1) is 15.3. The predicted octanol–water partition coefficient (Wildman–Crippen LogP) is 3.64. The fraction of sp³-hybridized carbons (Fsp3) is 0.174. The highest BCUT2D eigenvalue weighted by Crippen LogP contribution is 2.44. The van der Waals surface area contributed by atoms with Gasteiger partial charge < -0.3 is 20.8 Å². The number of carbonyl (C=O) groups excluding carboxylic acids is 2. The normalized spacial score (nSPS) is 15.8. The minimum Gasteiger partial charge on any atom is -0.504 e. The van der Waals surface area contributed by atoms with Gasteiger partial charge in [0.1, 0.15) is 11.9 Å². The van der Waals surface area contributed by atoms with Crippen LogP contribution in [0.4, 0.5) is 4.39 Å². The minimum absolute atomic E-state index is 0.151. The lowest BCUT2D eigenvalue weighted by Gasteiger charge is -2.36. The standard InChI is InChI=1S/C23H19ClFN3O4/c24-13-9-16-14(17(25)10-13)6-7-18(16)28(20(22(26)31)12-3-2-8-27-11-12)23(32)15-4-1-5-19(29)21(15)30/h1-5,8-11,18,20,29-30H,6-7H2,(H2,26,31)/t18-,20?/m1/s1. The molecule has 0 fully saturated rings. The summed E-state index contributed by atoms with van der Waals surface area (Å²) in [6, 6.07) is 7.86. The van der Waals surface area contributed by atoms with Gasteiger partial charge in [-0.05, 0) is 54.3 Å². The Morgan fingerprint density at radius 3 is 2.69 bits per heavy atom. The molecule has 7 nitrogen and oxygen atoms in total. The van der Waals surface area contributed by atoms with E-state index in [9.17, 15) is 24.2 Å². The molecule has 2 aromatic carbocycles. The van der Waals surface area contributed by atoms with Crippen molar-refractivity contribution in [2.75, 3.05) is 0 Å². The number of aromatic hydroxyl groups is 2. The smallest absolute Gasteiger partial charge is 0.259 e. The summed E-state index contributed by atoms with van der Waals surface area (Å²) in [5.41, 5.74) is 6.70. The summed E-state index contributed by atoms with van der Waals surface area (Å²) in [7, 11) is 0. The molecule has 0 spiro atoms. The summed E-state index contributed by atoms with van der Waals surface area (Å²) in [6.07, 6.45) is 3.54. The Morgan fingerprint density at radius 1 is 1.22 bits per heavy atom. The molecule has 1 aromatic heterocycles. The number of carbonyl (C=O) groups is 2. The molecule has 9 heteroatoms. The van der Waals surface area contributed by atoms with E-state index in [4.69, 9.17) is 17.3 Å². The number of nitrogens with two attached hydrogens (primary N) is 1. The van der Waals surface area contributed by atoms with Crippen LogP contribution in [0.5, 0.6) is 11.5 Å². The molecule has 0 bridgehead atoms. The summed E-state index contributed by atoms with van der Waals surface area (Å²) in [6.45, 7) is 0. The Morgan fingerprint density at radius 2 is 2.00 bits per heavy atom. The van der Waals surface area contributed by atoms with E-state index in [0.29, 0.717) is 29.5 Å². The fourth-order valence-electron chi connectivity index (χ4n) is 4.19. The molecule has 0 saturated carbocycles. The topological polar surface area (TPSA) is 117 Å². The summed E-state index contributed by atoms with van der Waals surface area (Å²) in [5.74, 6) is -3.22. The Bertz CT molecular complexity index is 1210. The number of phenolic OH excluding ortho intramolecular Hbond substituents is 2. The number of phenols is 2. The van der Waals surface area contributed by atoms with Crippen molar-refractivity contribution in [2.24, 2.45) is 5.73 Å². The van der Waals surface area contributed by atoms with Crippen molar-refractivity contribution in [1.29, 1.82) is 0 Å². The maximum absolute atomic E-state index is 14.5. The largest absolute Gasteiger partial charge is 0.504 e. The van der Waals surface area contributed by atoms with Crippen LogP contribution in [0.1, 0.15) is 45.6 Å². The molecule has 2 amide bonds. The van der Waals surface area contributed by atoms with Crippen LogP contribution in [0.15, 0.2) is 54.9 Å². The summed E-state index contributed by atoms with van der Waals surface area (Å²) in [5, 5.41) is 20.4. The highest BCUT2D eigenvalue weighted by Gasteiger charge is 2.41. The third-order valence-corrected chi connectivity index (χ3v) is 5.80. The third kappa shape index (κ3) is 3.73. The van der Waals surface area contributed by atoms with Gasteiger partial charge in [0.15, 0.2) is 11.5 Å². The van der Waals surface area contributed by atoms with Gasteiger partial charge >= 0.3 is 0 Å². The van der Waals surface area contributed by atoms with E-state index in [2.05, 4.69) is 4.98 Å². The molecule has 1 aliphatic rings. The number of nitrogens with zero attached hydrogens (tertiary/aromatic N) is 2. The third-order valence-electron chi connectivity index (χ3n) is 5.58. The van der Waals surface area contributed by atoms with E-state index in [0.717, 1.165) is 0 Å². The summed E-state index contributed by atoms with van der Waals surface area (Å²) >= 11 is 6.08. The quantitative estimate of drug-likeness (QED) is 0.508. The lowest BCUT2D eigenvalue weighted by Crippen LogP contribution is -2.43. The number of pyridine rings is 1. The van der Waals surface area contributed by atoms with Gasteiger partial charge in [0, 0.05) is 23.0 Å². The number of benzene rings is 2. The zero-order chi connectivity index (χ0) is 23.0. The Hall–Kier alpha value is -3.65. The van der Waals surface area contributed by atoms with Crippen LogP contribution in [-0.4, -0.2) is 31.9 Å². The van der Waals surface area contributed by atoms with Crippen molar-refractivity contribution in [3.05, 3.63) is 88.0 Å². The first kappa shape index (κ1) is 21.6. The summed E-state index contributed by atoms with van der Waals surface area (Å²) in [4.78, 5) is 31.5. The van der Waals surface area contributed by atoms with Crippen molar-refractivity contribution in [2.45, 2.75) is 24.9 Å². The minimum atomic E-state index is -1.27. The van der Waals surface area contributed by atoms with Crippen LogP contribution in [0.2, 0.25) is 5.02 Å². The van der Waals surface area contributed by atoms with Gasteiger partial charge in [-0.2, -0.15) is 0 Å². The van der Waals surface area contributed by atoms with Gasteiger partial charge in [0.05, 0.1) is 11.6 Å². The summed E-state index contributed by atoms with van der Waals surface area (Å²) < 4.78 is 14.5. The van der Waals surface area contributed by atoms with E-state index in [1.165, 1.54) is 41.6 Å². The average Bonchev–Trinajstić information content (AvgIpc) is 3.17. The van der Waals surface area contributed by atoms with Crippen molar-refractivity contribution in [1.82, 2.24) is 9.88 Å². The molecule has 3 aromatic rings. The molecular weight excluding hydrogens is 437 g/mol. The zero-order valence-electron chi connectivity index (χ0n) is 16.7. The lowest BCUT2D eigenvalue weighted by atomic mass is 9.98. The number of hydrogen-bond donors (Lipinski definition) is 3. The van der Waals surface area contributed by atoms with Crippen molar-refractivity contribution in [3.8, 4) is 11.5 Å². The van der Waals surface area contributed by atoms with Crippen molar-refractivity contribution >= 4 is 23.4 Å². The number of halogens is 2. The number of primary amides is 1. The van der Waals surface area contributed by atoms with E-state index >= 15 is 0 Å². The number of aromatic nitrogens is 1. The molecule has 0 aliphatic heterocycles. The zero-order valence-corrected chi connectivity index (χ0v) is 17.5. The monoisotopic (exact) mass is 455 g/mol. The first-order valence-electron chi connectivity index (χ1n) is 9.80. The van der Waals surface area contributed by atoms with Gasteiger partial charge in [-0.1, -0.05) is 23.7 Å². The molecule has 32 heavy (non-hydrogen) atoms. The average molecular weight is 456 g/mol. The molecule has 1 unspecified atom stereocenters. The number of amides is 2. The second kappa shape index (κ2) is 8.47. The van der Waals surface area contributed by atoms with E-state index < -0.39 is 41.2 Å². The maximum Gasteiger partial charge on any atom is 0.259 e. The molecule has 164 valence electrons. The molecule has 4 rings (SSSR count). The van der Waals surface area contributed by atoms with E-state index in [1.807, 2.05) is 0 Å². The van der Waals surface area contributed by atoms with Crippen molar-refractivity contribution < 1.29 is 24.2 Å². The number of hydrogen-bond acceptors (Lipinski definition) is 5. The Kier molecular flexibility index (Phi) is 5.71. The van der Waals surface area contributed by atoms with Gasteiger partial charge in [-0.3, -0.25) is 14.6 Å². The fourth-order valence-corrected chi connectivity index (χ4v) is 4.40. The van der Waals surface area contributed by atoms with Crippen LogP contribution in [-0.2, 0) is 11.2 Å². The van der Waals surface area contributed by atoms with Crippen LogP contribution in [0.25, 0.3) is 0 Å². The number of fused-ring (bicyclic) bond motifs is 1. The van der Waals surface area contributed by atoms with Gasteiger partial charge in [0.2, 0.25) is 5.91 Å². The van der Waals surface area contributed by atoms with Crippen LogP contribution in [0.3, 0.4) is 0 Å². The van der Waals surface area contributed by atoms with Crippen LogP contribution < -0.4 is 5.73 Å². The number of rotatable bonds is 5. The molecule has 1 heterocycles. The highest BCUT2D eigenvalue weighted by molar-refractivity contribution is 6.30. The molecule has 0 saturated heterocycles. The van der Waals surface area contributed by atoms with Crippen molar-refractivity contribution in [3.63, 3.8) is 0 Å². The van der Waals surface area contributed by atoms with Crippen LogP contribution in [0, 0.1) is 5.82 Å². The Labute approximate surface area is 187 Å². The molecule has 4 N–H and O–H groups in total. The highest BCUT2D eigenvalue weighted by atomic mass is 35.5. The predicted molar refractivity (Wildman–Crippen MR) is 115 cm³/mol. The van der Waals surface area contributed by atoms with Crippen LogP contribution >= 0.6 is 11.6 Å². The number of para-hydroxylation sites is 1. The van der Waals surface area contributed by atoms with Gasteiger partial charge in [-0.15, -0.1) is 0 Å². The molecule has 1 aliphatic carbocycles. The maximum atomic E-state index is 14.5. The van der Waals surface area contributed by atoms with Gasteiger partial charge in [0.25, 0.3) is 5.91 Å². The van der Waals surface area contributed by atoms with Gasteiger partial charge in [-0.25, -0.2) is 4.39 Å². The molecule has 0 radical (unpaired) electrons. The van der Waals surface area contributed by atoms with E-state index in [-0.39, 0.29) is 10.6 Å². The Balaban J connectivity index is 1.91. The lowest BCUT2D eigenvalue weighted by molar-refractivity contribution is -0.123. The van der Waals surface area contributed by atoms with E-state index in [1.54, 1.807) is 18.2 Å². The second-order valence-corrected chi connectivity index (χ2v) is 7.92. The molecular formula is C23H19ClFN3O4.